The van der Waals surface area contributed by atoms with E-state index in [2.05, 4.69) is 45.0 Å². The quantitative estimate of drug-likeness (QED) is 0.183. The van der Waals surface area contributed by atoms with E-state index in [9.17, 15) is 13.2 Å². The number of sulfonamides is 1. The Kier molecular flexibility index (Phi) is 9.90. The lowest BCUT2D eigenvalue weighted by molar-refractivity contribution is 0.0712. The van der Waals surface area contributed by atoms with Gasteiger partial charge in [0.1, 0.15) is 5.75 Å². The lowest BCUT2D eigenvalue weighted by Gasteiger charge is -2.33. The van der Waals surface area contributed by atoms with Gasteiger partial charge in [-0.3, -0.25) is 9.10 Å². The number of hydrogen-bond donors (Lipinski definition) is 0. The molecule has 0 spiro atoms. The van der Waals surface area contributed by atoms with Crippen molar-refractivity contribution in [3.05, 3.63) is 124 Å². The topological polar surface area (TPSA) is 66.9 Å². The molecule has 236 valence electrons. The number of likely N-dealkylation sites (tertiary alicyclic amines) is 1. The molecule has 1 saturated heterocycles. The van der Waals surface area contributed by atoms with E-state index >= 15 is 0 Å². The number of hydrogen-bond acceptors (Lipinski definition) is 4. The standard InChI is InChI=1S/C37H41ClN2O4S/c1-5-44-35-12-7-6-11-34(35)40(26-27-13-19-32(38)20-14-27)45(42,43)33-10-8-9-30(25-33)36(41)39-23-21-29(22-24-39)28-15-17-31(18-16-28)37(2,3)4/h6-20,25,29H,5,21-24,26H2,1-4H3. The first-order valence-corrected chi connectivity index (χ1v) is 17.3. The van der Waals surface area contributed by atoms with Crippen molar-refractivity contribution < 1.29 is 17.9 Å². The Morgan fingerprint density at radius 2 is 1.58 bits per heavy atom. The second-order valence-electron chi connectivity index (χ2n) is 12.5. The minimum atomic E-state index is -4.10. The third kappa shape index (κ3) is 7.54. The van der Waals surface area contributed by atoms with E-state index in [4.69, 9.17) is 16.3 Å². The van der Waals surface area contributed by atoms with Gasteiger partial charge in [-0.15, -0.1) is 0 Å². The average molecular weight is 645 g/mol. The number of ether oxygens (including phenoxy) is 1. The van der Waals surface area contributed by atoms with Gasteiger partial charge in [0.25, 0.3) is 15.9 Å². The third-order valence-electron chi connectivity index (χ3n) is 8.37. The first-order valence-electron chi connectivity index (χ1n) is 15.5. The SMILES string of the molecule is CCOc1ccccc1N(Cc1ccc(Cl)cc1)S(=O)(=O)c1cccc(C(=O)N2CCC(c3ccc(C(C)(C)C)cc3)CC2)c1. The molecule has 0 N–H and O–H groups in total. The van der Waals surface area contributed by atoms with E-state index in [1.54, 1.807) is 54.6 Å². The van der Waals surface area contributed by atoms with Crippen LogP contribution >= 0.6 is 11.6 Å². The van der Waals surface area contributed by atoms with Gasteiger partial charge in [-0.2, -0.15) is 0 Å². The molecule has 6 nitrogen and oxygen atoms in total. The Hall–Kier alpha value is -3.81. The molecule has 1 amide bonds. The first-order chi connectivity index (χ1) is 21.5. The molecule has 0 radical (unpaired) electrons. The van der Waals surface area contributed by atoms with Crippen LogP contribution < -0.4 is 9.04 Å². The summed E-state index contributed by atoms with van der Waals surface area (Å²) < 4.78 is 35.8. The molecule has 5 rings (SSSR count). The van der Waals surface area contributed by atoms with Crippen molar-refractivity contribution >= 4 is 33.2 Å². The van der Waals surface area contributed by atoms with E-state index in [0.29, 0.717) is 47.6 Å². The number of carbonyl (C=O) groups is 1. The summed E-state index contributed by atoms with van der Waals surface area (Å²) in [5, 5.41) is 0.566. The van der Waals surface area contributed by atoms with Crippen molar-refractivity contribution in [2.75, 3.05) is 24.0 Å². The molecule has 1 aliphatic heterocycles. The molecule has 8 heteroatoms. The molecule has 0 saturated carbocycles. The first kappa shape index (κ1) is 32.6. The number of anilines is 1. The van der Waals surface area contributed by atoms with Gasteiger partial charge in [0, 0.05) is 23.7 Å². The van der Waals surface area contributed by atoms with E-state index in [-0.39, 0.29) is 22.8 Å². The van der Waals surface area contributed by atoms with E-state index in [0.717, 1.165) is 18.4 Å². The molecule has 4 aromatic rings. The van der Waals surface area contributed by atoms with Crippen LogP contribution in [0.2, 0.25) is 5.02 Å². The summed E-state index contributed by atoms with van der Waals surface area (Å²) >= 11 is 6.10. The number of nitrogens with zero attached hydrogens (tertiary/aromatic N) is 2. The fourth-order valence-corrected chi connectivity index (χ4v) is 7.40. The van der Waals surface area contributed by atoms with Crippen LogP contribution in [0.5, 0.6) is 5.75 Å². The molecular weight excluding hydrogens is 604 g/mol. The molecule has 0 unspecified atom stereocenters. The number of benzene rings is 4. The molecule has 4 aromatic carbocycles. The Morgan fingerprint density at radius 3 is 2.22 bits per heavy atom. The minimum Gasteiger partial charge on any atom is -0.492 e. The molecule has 0 aromatic heterocycles. The predicted octanol–water partition coefficient (Wildman–Crippen LogP) is 8.45. The number of carbonyl (C=O) groups excluding carboxylic acids is 1. The molecule has 0 atom stereocenters. The summed E-state index contributed by atoms with van der Waals surface area (Å²) in [5.74, 6) is 0.690. The summed E-state index contributed by atoms with van der Waals surface area (Å²) in [7, 11) is -4.10. The minimum absolute atomic E-state index is 0.0439. The highest BCUT2D eigenvalue weighted by Crippen LogP contribution is 2.35. The highest BCUT2D eigenvalue weighted by Gasteiger charge is 2.30. The fourth-order valence-electron chi connectivity index (χ4n) is 5.77. The summed E-state index contributed by atoms with van der Waals surface area (Å²) in [6.07, 6.45) is 1.73. The zero-order valence-corrected chi connectivity index (χ0v) is 27.9. The molecule has 45 heavy (non-hydrogen) atoms. The van der Waals surface area contributed by atoms with Crippen LogP contribution in [0.4, 0.5) is 5.69 Å². The lowest BCUT2D eigenvalue weighted by atomic mass is 9.84. The molecule has 0 bridgehead atoms. The highest BCUT2D eigenvalue weighted by molar-refractivity contribution is 7.92. The van der Waals surface area contributed by atoms with Crippen LogP contribution in [0.15, 0.2) is 102 Å². The number of para-hydroxylation sites is 2. The monoisotopic (exact) mass is 644 g/mol. The van der Waals surface area contributed by atoms with Gasteiger partial charge in [0.05, 0.1) is 23.7 Å². The van der Waals surface area contributed by atoms with Crippen molar-refractivity contribution in [1.29, 1.82) is 0 Å². The molecule has 1 fully saturated rings. The van der Waals surface area contributed by atoms with Crippen molar-refractivity contribution in [2.24, 2.45) is 0 Å². The van der Waals surface area contributed by atoms with Crippen molar-refractivity contribution in [3.63, 3.8) is 0 Å². The predicted molar refractivity (Wildman–Crippen MR) is 182 cm³/mol. The van der Waals surface area contributed by atoms with Gasteiger partial charge in [0.2, 0.25) is 0 Å². The van der Waals surface area contributed by atoms with Crippen LogP contribution in [-0.2, 0) is 22.0 Å². The van der Waals surface area contributed by atoms with Gasteiger partial charge in [-0.25, -0.2) is 8.42 Å². The number of amides is 1. The number of piperidine rings is 1. The fraction of sp³-hybridized carbons (Fsp3) is 0.324. The van der Waals surface area contributed by atoms with Crippen LogP contribution in [0, 0.1) is 0 Å². The largest absolute Gasteiger partial charge is 0.492 e. The lowest BCUT2D eigenvalue weighted by Crippen LogP contribution is -2.38. The van der Waals surface area contributed by atoms with E-state index in [1.165, 1.54) is 27.6 Å². The van der Waals surface area contributed by atoms with Gasteiger partial charge < -0.3 is 9.64 Å². The second kappa shape index (κ2) is 13.7. The summed E-state index contributed by atoms with van der Waals surface area (Å²) in [6, 6.07) is 29.4. The van der Waals surface area contributed by atoms with Crippen LogP contribution in [0.1, 0.15) is 73.5 Å². The molecule has 1 heterocycles. The maximum Gasteiger partial charge on any atom is 0.264 e. The Labute approximate surface area is 272 Å². The van der Waals surface area contributed by atoms with Crippen LogP contribution in [0.3, 0.4) is 0 Å². The Morgan fingerprint density at radius 1 is 0.911 bits per heavy atom. The summed E-state index contributed by atoms with van der Waals surface area (Å²) in [4.78, 5) is 15.5. The van der Waals surface area contributed by atoms with Crippen molar-refractivity contribution in [2.45, 2.75) is 63.3 Å². The average Bonchev–Trinajstić information content (AvgIpc) is 3.04. The van der Waals surface area contributed by atoms with Crippen molar-refractivity contribution in [3.8, 4) is 5.75 Å². The maximum absolute atomic E-state index is 14.3. The Bertz CT molecular complexity index is 1720. The summed E-state index contributed by atoms with van der Waals surface area (Å²) in [6.45, 7) is 10.2. The number of rotatable bonds is 9. The van der Waals surface area contributed by atoms with Gasteiger partial charge in [-0.05, 0) is 90.3 Å². The van der Waals surface area contributed by atoms with Crippen molar-refractivity contribution in [1.82, 2.24) is 4.90 Å². The zero-order valence-electron chi connectivity index (χ0n) is 26.4. The highest BCUT2D eigenvalue weighted by atomic mass is 35.5. The third-order valence-corrected chi connectivity index (χ3v) is 10.4. The van der Waals surface area contributed by atoms with E-state index in [1.807, 2.05) is 17.9 Å². The van der Waals surface area contributed by atoms with Gasteiger partial charge in [0.15, 0.2) is 0 Å². The smallest absolute Gasteiger partial charge is 0.264 e. The van der Waals surface area contributed by atoms with Crippen LogP contribution in [0.25, 0.3) is 0 Å². The van der Waals surface area contributed by atoms with Gasteiger partial charge in [-0.1, -0.05) is 87.0 Å². The van der Waals surface area contributed by atoms with Gasteiger partial charge >= 0.3 is 0 Å². The normalized spacial score (nSPS) is 14.3. The molecule has 0 aliphatic carbocycles. The zero-order chi connectivity index (χ0) is 32.2. The molecule has 1 aliphatic rings. The summed E-state index contributed by atoms with van der Waals surface area (Å²) in [5.41, 5.74) is 4.25. The number of halogens is 1. The molecular formula is C37H41ClN2O4S. The van der Waals surface area contributed by atoms with E-state index < -0.39 is 10.0 Å². The second-order valence-corrected chi connectivity index (χ2v) is 14.8. The Balaban J connectivity index is 1.37. The van der Waals surface area contributed by atoms with Crippen LogP contribution in [-0.4, -0.2) is 38.9 Å². The maximum atomic E-state index is 14.3.